The van der Waals surface area contributed by atoms with Gasteiger partial charge in [-0.3, -0.25) is 4.79 Å². The molecular formula is C16H18N4O4. The topological polar surface area (TPSA) is 106 Å². The Hall–Kier alpha value is -2.90. The molecule has 2 heterocycles. The molecule has 1 aromatic heterocycles. The number of para-hydroxylation sites is 1. The van der Waals surface area contributed by atoms with E-state index in [0.29, 0.717) is 13.0 Å². The van der Waals surface area contributed by atoms with E-state index in [1.54, 1.807) is 0 Å². The maximum absolute atomic E-state index is 12.2. The summed E-state index contributed by atoms with van der Waals surface area (Å²) in [5.41, 5.74) is 1.90. The zero-order valence-electron chi connectivity index (χ0n) is 13.2. The number of hydrogen-bond acceptors (Lipinski definition) is 5. The van der Waals surface area contributed by atoms with E-state index in [2.05, 4.69) is 22.6 Å². The molecule has 8 nitrogen and oxygen atoms in total. The van der Waals surface area contributed by atoms with Crippen molar-refractivity contribution in [2.45, 2.75) is 32.4 Å². The van der Waals surface area contributed by atoms with Gasteiger partial charge in [-0.25, -0.2) is 9.48 Å². The highest BCUT2D eigenvalue weighted by Crippen LogP contribution is 2.35. The Morgan fingerprint density at radius 2 is 2.29 bits per heavy atom. The standard InChI is InChI=1S/C16H18N4O4/c1-2-10-4-3-5-11-12(6-7-24-15(10)11)17-14(21)9-20-8-13(16(22)23)18-19-20/h3-5,8,12H,2,6-7,9H2,1H3,(H,17,21)(H,22,23). The predicted octanol–water partition coefficient (Wildman–Crippen LogP) is 1.18. The monoisotopic (exact) mass is 330 g/mol. The number of nitrogens with one attached hydrogen (secondary N) is 1. The van der Waals surface area contributed by atoms with Crippen LogP contribution in [0.25, 0.3) is 0 Å². The Balaban J connectivity index is 1.70. The molecule has 0 bridgehead atoms. The van der Waals surface area contributed by atoms with E-state index < -0.39 is 5.97 Å². The average Bonchev–Trinajstić information content (AvgIpc) is 3.03. The Morgan fingerprint density at radius 3 is 3.00 bits per heavy atom. The van der Waals surface area contributed by atoms with Crippen LogP contribution < -0.4 is 10.1 Å². The number of rotatable bonds is 5. The predicted molar refractivity (Wildman–Crippen MR) is 83.8 cm³/mol. The van der Waals surface area contributed by atoms with Crippen molar-refractivity contribution in [1.82, 2.24) is 20.3 Å². The highest BCUT2D eigenvalue weighted by molar-refractivity contribution is 5.84. The van der Waals surface area contributed by atoms with Crippen LogP contribution >= 0.6 is 0 Å². The van der Waals surface area contributed by atoms with E-state index in [1.807, 2.05) is 18.2 Å². The largest absolute Gasteiger partial charge is 0.493 e. The minimum atomic E-state index is -1.17. The molecule has 2 aromatic rings. The fourth-order valence-electron chi connectivity index (χ4n) is 2.78. The molecular weight excluding hydrogens is 312 g/mol. The third-order valence-corrected chi connectivity index (χ3v) is 3.93. The van der Waals surface area contributed by atoms with Gasteiger partial charge in [0.15, 0.2) is 5.69 Å². The van der Waals surface area contributed by atoms with Gasteiger partial charge in [-0.2, -0.15) is 0 Å². The number of hydrogen-bond donors (Lipinski definition) is 2. The molecule has 1 aliphatic heterocycles. The van der Waals surface area contributed by atoms with Gasteiger partial charge in [0.05, 0.1) is 18.8 Å². The molecule has 1 aromatic carbocycles. The fraction of sp³-hybridized carbons (Fsp3) is 0.375. The van der Waals surface area contributed by atoms with Crippen molar-refractivity contribution in [2.24, 2.45) is 0 Å². The van der Waals surface area contributed by atoms with Gasteiger partial charge in [0.1, 0.15) is 12.3 Å². The molecule has 1 atom stereocenters. The van der Waals surface area contributed by atoms with E-state index in [9.17, 15) is 9.59 Å². The second-order valence-corrected chi connectivity index (χ2v) is 5.55. The molecule has 0 aliphatic carbocycles. The van der Waals surface area contributed by atoms with Crippen LogP contribution in [0.4, 0.5) is 0 Å². The van der Waals surface area contributed by atoms with E-state index >= 15 is 0 Å². The number of carbonyl (C=O) groups is 2. The number of carboxylic acids is 1. The summed E-state index contributed by atoms with van der Waals surface area (Å²) in [7, 11) is 0. The molecule has 1 amide bonds. The van der Waals surface area contributed by atoms with Gasteiger partial charge in [0.2, 0.25) is 5.91 Å². The fourth-order valence-corrected chi connectivity index (χ4v) is 2.78. The summed E-state index contributed by atoms with van der Waals surface area (Å²) in [6.07, 6.45) is 2.78. The molecule has 0 saturated carbocycles. The minimum Gasteiger partial charge on any atom is -0.493 e. The van der Waals surface area contributed by atoms with Crippen LogP contribution in [0.1, 0.15) is 41.0 Å². The highest BCUT2D eigenvalue weighted by atomic mass is 16.5. The maximum Gasteiger partial charge on any atom is 0.358 e. The van der Waals surface area contributed by atoms with Crippen molar-refractivity contribution < 1.29 is 19.4 Å². The number of amides is 1. The first kappa shape index (κ1) is 16.0. The normalized spacial score (nSPS) is 16.1. The Kier molecular flexibility index (Phi) is 4.45. The van der Waals surface area contributed by atoms with Gasteiger partial charge in [0, 0.05) is 12.0 Å². The van der Waals surface area contributed by atoms with Crippen LogP contribution in [-0.4, -0.2) is 38.6 Å². The Bertz CT molecular complexity index is 771. The third kappa shape index (κ3) is 3.22. The molecule has 2 N–H and O–H groups in total. The SMILES string of the molecule is CCc1cccc2c1OCCC2NC(=O)Cn1cc(C(=O)O)nn1. The number of fused-ring (bicyclic) bond motifs is 1. The molecule has 8 heteroatoms. The van der Waals surface area contributed by atoms with Gasteiger partial charge in [-0.15, -0.1) is 5.10 Å². The van der Waals surface area contributed by atoms with Crippen molar-refractivity contribution in [2.75, 3.05) is 6.61 Å². The minimum absolute atomic E-state index is 0.0829. The summed E-state index contributed by atoms with van der Waals surface area (Å²) in [5.74, 6) is -0.575. The lowest BCUT2D eigenvalue weighted by Gasteiger charge is -2.28. The number of carbonyl (C=O) groups excluding carboxylic acids is 1. The lowest BCUT2D eigenvalue weighted by molar-refractivity contribution is -0.122. The smallest absolute Gasteiger partial charge is 0.358 e. The summed E-state index contributed by atoms with van der Waals surface area (Å²) in [5, 5.41) is 18.9. The summed E-state index contributed by atoms with van der Waals surface area (Å²) in [6, 6.07) is 5.81. The molecule has 0 saturated heterocycles. The lowest BCUT2D eigenvalue weighted by atomic mass is 9.96. The molecule has 1 unspecified atom stereocenters. The molecule has 0 radical (unpaired) electrons. The first-order valence-corrected chi connectivity index (χ1v) is 7.76. The molecule has 0 spiro atoms. The Labute approximate surface area is 138 Å². The zero-order valence-corrected chi connectivity index (χ0v) is 13.2. The number of aromatic carboxylic acids is 1. The van der Waals surface area contributed by atoms with Crippen molar-refractivity contribution >= 4 is 11.9 Å². The second-order valence-electron chi connectivity index (χ2n) is 5.55. The van der Waals surface area contributed by atoms with Crippen LogP contribution in [0.2, 0.25) is 0 Å². The number of benzene rings is 1. The molecule has 126 valence electrons. The third-order valence-electron chi connectivity index (χ3n) is 3.93. The summed E-state index contributed by atoms with van der Waals surface area (Å²) >= 11 is 0. The Morgan fingerprint density at radius 1 is 1.46 bits per heavy atom. The zero-order chi connectivity index (χ0) is 17.1. The number of aryl methyl sites for hydroxylation is 1. The number of carboxylic acid groups (broad SMARTS) is 1. The highest BCUT2D eigenvalue weighted by Gasteiger charge is 2.24. The first-order chi connectivity index (χ1) is 11.6. The molecule has 1 aliphatic rings. The summed E-state index contributed by atoms with van der Waals surface area (Å²) in [4.78, 5) is 23.0. The van der Waals surface area contributed by atoms with Crippen LogP contribution in [0.15, 0.2) is 24.4 Å². The number of aromatic nitrogens is 3. The maximum atomic E-state index is 12.2. The van der Waals surface area contributed by atoms with Gasteiger partial charge in [-0.1, -0.05) is 30.3 Å². The van der Waals surface area contributed by atoms with Crippen LogP contribution in [-0.2, 0) is 17.8 Å². The van der Waals surface area contributed by atoms with E-state index in [1.165, 1.54) is 10.9 Å². The summed E-state index contributed by atoms with van der Waals surface area (Å²) in [6.45, 7) is 2.52. The molecule has 3 rings (SSSR count). The van der Waals surface area contributed by atoms with E-state index in [0.717, 1.165) is 23.3 Å². The van der Waals surface area contributed by atoms with Gasteiger partial charge in [-0.05, 0) is 12.0 Å². The second kappa shape index (κ2) is 6.69. The van der Waals surface area contributed by atoms with Crippen molar-refractivity contribution in [3.05, 3.63) is 41.2 Å². The van der Waals surface area contributed by atoms with Crippen molar-refractivity contribution in [3.8, 4) is 5.75 Å². The summed E-state index contributed by atoms with van der Waals surface area (Å²) < 4.78 is 6.97. The van der Waals surface area contributed by atoms with Crippen molar-refractivity contribution in [1.29, 1.82) is 0 Å². The van der Waals surface area contributed by atoms with Gasteiger partial charge in [0.25, 0.3) is 0 Å². The number of ether oxygens (including phenoxy) is 1. The number of nitrogens with zero attached hydrogens (tertiary/aromatic N) is 3. The van der Waals surface area contributed by atoms with Crippen LogP contribution in [0, 0.1) is 0 Å². The quantitative estimate of drug-likeness (QED) is 0.852. The molecule has 24 heavy (non-hydrogen) atoms. The first-order valence-electron chi connectivity index (χ1n) is 7.76. The van der Waals surface area contributed by atoms with Crippen LogP contribution in [0.3, 0.4) is 0 Å². The van der Waals surface area contributed by atoms with E-state index in [4.69, 9.17) is 9.84 Å². The molecule has 0 fully saturated rings. The van der Waals surface area contributed by atoms with E-state index in [-0.39, 0.29) is 24.2 Å². The lowest BCUT2D eigenvalue weighted by Crippen LogP contribution is -2.34. The van der Waals surface area contributed by atoms with Crippen molar-refractivity contribution in [3.63, 3.8) is 0 Å². The van der Waals surface area contributed by atoms with Crippen LogP contribution in [0.5, 0.6) is 5.75 Å². The van der Waals surface area contributed by atoms with Gasteiger partial charge < -0.3 is 15.2 Å². The van der Waals surface area contributed by atoms with Gasteiger partial charge >= 0.3 is 5.97 Å². The average molecular weight is 330 g/mol.